The van der Waals surface area contributed by atoms with E-state index in [1.807, 2.05) is 36.4 Å². The average molecular weight is 395 g/mol. The number of pyridine rings is 1. The summed E-state index contributed by atoms with van der Waals surface area (Å²) in [7, 11) is 0. The van der Waals surface area contributed by atoms with Crippen molar-refractivity contribution in [3.8, 4) is 5.75 Å². The van der Waals surface area contributed by atoms with Gasteiger partial charge in [0.25, 0.3) is 5.56 Å². The molecule has 0 spiro atoms. The fourth-order valence-corrected chi connectivity index (χ4v) is 3.97. The molecule has 0 saturated carbocycles. The van der Waals surface area contributed by atoms with Gasteiger partial charge in [0.15, 0.2) is 0 Å². The largest absolute Gasteiger partial charge is 0.506 e. The quantitative estimate of drug-likeness (QED) is 0.435. The second-order valence-corrected chi connectivity index (χ2v) is 7.61. The zero-order valence-corrected chi connectivity index (χ0v) is 16.5. The Morgan fingerprint density at radius 3 is 2.53 bits per heavy atom. The van der Waals surface area contributed by atoms with E-state index in [0.717, 1.165) is 16.9 Å². The van der Waals surface area contributed by atoms with Gasteiger partial charge in [0.2, 0.25) is 0 Å². The monoisotopic (exact) mass is 395 g/mol. The van der Waals surface area contributed by atoms with Crippen LogP contribution < -0.4 is 10.9 Å². The summed E-state index contributed by atoms with van der Waals surface area (Å²) >= 11 is 0. The van der Waals surface area contributed by atoms with Crippen LogP contribution in [0.25, 0.3) is 10.9 Å². The number of para-hydroxylation sites is 3. The molecule has 5 nitrogen and oxygen atoms in total. The fourth-order valence-electron chi connectivity index (χ4n) is 3.97. The molecule has 3 N–H and O–H groups in total. The molecule has 1 aliphatic heterocycles. The molecular weight excluding hydrogens is 374 g/mol. The Balaban J connectivity index is 1.70. The van der Waals surface area contributed by atoms with Gasteiger partial charge in [-0.25, -0.2) is 0 Å². The molecule has 1 aromatic heterocycles. The van der Waals surface area contributed by atoms with Gasteiger partial charge in [-0.1, -0.05) is 54.1 Å². The minimum Gasteiger partial charge on any atom is -0.506 e. The first-order chi connectivity index (χ1) is 14.6. The highest BCUT2D eigenvalue weighted by Gasteiger charge is 2.25. The van der Waals surface area contributed by atoms with Crippen molar-refractivity contribution in [1.82, 2.24) is 4.98 Å². The highest BCUT2D eigenvalue weighted by atomic mass is 16.3. The summed E-state index contributed by atoms with van der Waals surface area (Å²) in [6, 6.07) is 23.2. The molecule has 1 atom stereocenters. The number of anilines is 1. The number of hydrogen-bond acceptors (Lipinski definition) is 4. The Morgan fingerprint density at radius 1 is 0.967 bits per heavy atom. The zero-order valence-electron chi connectivity index (χ0n) is 16.5. The van der Waals surface area contributed by atoms with E-state index in [1.165, 1.54) is 5.56 Å². The molecule has 2 heterocycles. The summed E-state index contributed by atoms with van der Waals surface area (Å²) in [5.41, 5.74) is 4.97. The van der Waals surface area contributed by atoms with Crippen LogP contribution in [0.15, 0.2) is 82.6 Å². The second-order valence-electron chi connectivity index (χ2n) is 7.61. The summed E-state index contributed by atoms with van der Waals surface area (Å²) in [4.78, 5) is 20.6. The van der Waals surface area contributed by atoms with Crippen molar-refractivity contribution in [3.05, 3.63) is 99.8 Å². The Hall–Kier alpha value is -3.86. The van der Waals surface area contributed by atoms with E-state index in [1.54, 1.807) is 12.1 Å². The highest BCUT2D eigenvalue weighted by molar-refractivity contribution is 6.08. The molecule has 0 bridgehead atoms. The summed E-state index contributed by atoms with van der Waals surface area (Å²) in [6.07, 6.45) is 0.465. The number of hydrogen-bond donors (Lipinski definition) is 3. The number of aryl methyl sites for hydroxylation is 1. The van der Waals surface area contributed by atoms with Crippen molar-refractivity contribution in [2.45, 2.75) is 19.4 Å². The van der Waals surface area contributed by atoms with Crippen LogP contribution in [-0.4, -0.2) is 15.8 Å². The lowest BCUT2D eigenvalue weighted by Gasteiger charge is -2.19. The number of fused-ring (bicyclic) bond motifs is 2. The van der Waals surface area contributed by atoms with Crippen LogP contribution in [-0.2, 0) is 0 Å². The summed E-state index contributed by atoms with van der Waals surface area (Å²) in [5.74, 6) is -0.0323. The van der Waals surface area contributed by atoms with E-state index >= 15 is 0 Å². The van der Waals surface area contributed by atoms with Gasteiger partial charge in [-0.3, -0.25) is 9.79 Å². The molecule has 4 aromatic rings. The first kappa shape index (κ1) is 18.2. The molecule has 5 heteroatoms. The number of aromatic amines is 1. The van der Waals surface area contributed by atoms with Crippen molar-refractivity contribution in [2.75, 3.05) is 5.32 Å². The first-order valence-electron chi connectivity index (χ1n) is 9.94. The van der Waals surface area contributed by atoms with Crippen molar-refractivity contribution in [2.24, 2.45) is 4.99 Å². The third-order valence-corrected chi connectivity index (χ3v) is 5.55. The Bertz CT molecular complexity index is 1340. The number of nitrogens with one attached hydrogen (secondary N) is 2. The maximum absolute atomic E-state index is 12.9. The van der Waals surface area contributed by atoms with E-state index in [9.17, 15) is 9.90 Å². The maximum Gasteiger partial charge on any atom is 0.261 e. The average Bonchev–Trinajstić information content (AvgIpc) is 2.94. The van der Waals surface area contributed by atoms with Crippen LogP contribution in [0.5, 0.6) is 5.75 Å². The number of nitrogens with zero attached hydrogens (tertiary/aromatic N) is 1. The third-order valence-electron chi connectivity index (χ3n) is 5.55. The number of aliphatic imine (C=N–C) groups is 1. The third kappa shape index (κ3) is 3.14. The molecule has 0 saturated heterocycles. The molecule has 0 amide bonds. The molecule has 148 valence electrons. The topological polar surface area (TPSA) is 77.5 Å². The Morgan fingerprint density at radius 2 is 1.70 bits per heavy atom. The van der Waals surface area contributed by atoms with Crippen LogP contribution in [0.2, 0.25) is 0 Å². The normalized spacial score (nSPS) is 15.8. The van der Waals surface area contributed by atoms with Crippen LogP contribution >= 0.6 is 0 Å². The van der Waals surface area contributed by atoms with Gasteiger partial charge in [0.05, 0.1) is 28.6 Å². The van der Waals surface area contributed by atoms with Gasteiger partial charge in [-0.2, -0.15) is 0 Å². The van der Waals surface area contributed by atoms with Gasteiger partial charge in [-0.15, -0.1) is 0 Å². The summed E-state index contributed by atoms with van der Waals surface area (Å²) < 4.78 is 0. The van der Waals surface area contributed by atoms with Crippen LogP contribution in [0.4, 0.5) is 11.4 Å². The molecule has 30 heavy (non-hydrogen) atoms. The van der Waals surface area contributed by atoms with Gasteiger partial charge in [0, 0.05) is 11.8 Å². The summed E-state index contributed by atoms with van der Waals surface area (Å²) in [6.45, 7) is 2.05. The molecule has 1 unspecified atom stereocenters. The van der Waals surface area contributed by atoms with E-state index in [2.05, 4.69) is 41.5 Å². The fraction of sp³-hybridized carbons (Fsp3) is 0.120. The number of rotatable bonds is 2. The van der Waals surface area contributed by atoms with Crippen molar-refractivity contribution >= 4 is 28.0 Å². The standard InChI is InChI=1S/C25H21N3O2/c1-15-10-12-16(13-11-15)21-14-22(27-20-9-5-4-8-19(20)26-21)23-24(29)17-6-2-3-7-18(17)28-25(23)30/h2-13,21,26H,14H2,1H3,(H2,28,29,30). The molecule has 5 rings (SSSR count). The van der Waals surface area contributed by atoms with Gasteiger partial charge in [-0.05, 0) is 36.8 Å². The zero-order chi connectivity index (χ0) is 20.7. The van der Waals surface area contributed by atoms with E-state index in [4.69, 9.17) is 4.99 Å². The van der Waals surface area contributed by atoms with E-state index in [0.29, 0.717) is 23.0 Å². The van der Waals surface area contributed by atoms with Crippen molar-refractivity contribution in [1.29, 1.82) is 0 Å². The molecule has 0 fully saturated rings. The first-order valence-corrected chi connectivity index (χ1v) is 9.94. The SMILES string of the molecule is Cc1ccc(C2CC(c3c(O)c4ccccc4[nH]c3=O)=Nc3ccccc3N2)cc1. The highest BCUT2D eigenvalue weighted by Crippen LogP contribution is 2.37. The molecule has 0 aliphatic carbocycles. The molecular formula is C25H21N3O2. The smallest absolute Gasteiger partial charge is 0.261 e. The second kappa shape index (κ2) is 7.19. The van der Waals surface area contributed by atoms with Crippen LogP contribution in [0, 0.1) is 6.92 Å². The maximum atomic E-state index is 12.9. The number of benzene rings is 3. The van der Waals surface area contributed by atoms with Crippen molar-refractivity contribution in [3.63, 3.8) is 0 Å². The predicted octanol–water partition coefficient (Wildman–Crippen LogP) is 5.22. The van der Waals surface area contributed by atoms with Gasteiger partial charge in [0.1, 0.15) is 11.3 Å². The lowest BCUT2D eigenvalue weighted by atomic mass is 9.96. The molecule has 0 radical (unpaired) electrons. The minimum absolute atomic E-state index is 0.0323. The number of aromatic hydroxyl groups is 1. The van der Waals surface area contributed by atoms with Gasteiger partial charge >= 0.3 is 0 Å². The van der Waals surface area contributed by atoms with E-state index < -0.39 is 0 Å². The summed E-state index contributed by atoms with van der Waals surface area (Å²) in [5, 5.41) is 15.2. The number of H-pyrrole nitrogens is 1. The number of aromatic nitrogens is 1. The Labute approximate surface area is 173 Å². The molecule has 3 aromatic carbocycles. The van der Waals surface area contributed by atoms with E-state index in [-0.39, 0.29) is 22.9 Å². The van der Waals surface area contributed by atoms with Gasteiger partial charge < -0.3 is 15.4 Å². The van der Waals surface area contributed by atoms with Crippen molar-refractivity contribution < 1.29 is 5.11 Å². The lowest BCUT2D eigenvalue weighted by Crippen LogP contribution is -2.21. The minimum atomic E-state index is -0.341. The Kier molecular flexibility index (Phi) is 4.36. The van der Waals surface area contributed by atoms with Crippen LogP contribution in [0.1, 0.15) is 29.2 Å². The van der Waals surface area contributed by atoms with Crippen LogP contribution in [0.3, 0.4) is 0 Å². The predicted molar refractivity (Wildman–Crippen MR) is 121 cm³/mol. The molecule has 1 aliphatic rings. The lowest BCUT2D eigenvalue weighted by molar-refractivity contribution is 0.479.